The van der Waals surface area contributed by atoms with Crippen molar-refractivity contribution in [3.8, 4) is 17.6 Å². The number of aromatic hydroxyl groups is 1. The second-order valence-corrected chi connectivity index (χ2v) is 8.45. The molecular formula is C27H24N4O3. The van der Waals surface area contributed by atoms with E-state index in [1.165, 1.54) is 0 Å². The van der Waals surface area contributed by atoms with Gasteiger partial charge in [-0.1, -0.05) is 36.4 Å². The number of nitriles is 1. The van der Waals surface area contributed by atoms with Crippen molar-refractivity contribution in [2.45, 2.75) is 32.4 Å². The smallest absolute Gasteiger partial charge is 0.258 e. The number of ether oxygens (including phenoxy) is 1. The monoisotopic (exact) mass is 452 g/mol. The molecule has 1 amide bonds. The number of nitrogens with one attached hydrogen (secondary N) is 1. The maximum Gasteiger partial charge on any atom is 0.258 e. The van der Waals surface area contributed by atoms with E-state index in [9.17, 15) is 9.90 Å². The van der Waals surface area contributed by atoms with E-state index in [-0.39, 0.29) is 17.2 Å². The summed E-state index contributed by atoms with van der Waals surface area (Å²) in [7, 11) is 0. The summed E-state index contributed by atoms with van der Waals surface area (Å²) in [6.45, 7) is 1.41. The molecule has 0 bridgehead atoms. The molecule has 1 aromatic heterocycles. The predicted octanol–water partition coefficient (Wildman–Crippen LogP) is 4.70. The molecule has 7 heteroatoms. The number of aromatic amines is 1. The second kappa shape index (κ2) is 9.28. The van der Waals surface area contributed by atoms with E-state index in [0.29, 0.717) is 44.5 Å². The summed E-state index contributed by atoms with van der Waals surface area (Å²) >= 11 is 0. The van der Waals surface area contributed by atoms with E-state index >= 15 is 0 Å². The largest absolute Gasteiger partial charge is 0.507 e. The number of hydrogen-bond acceptors (Lipinski definition) is 5. The third-order valence-corrected chi connectivity index (χ3v) is 6.09. The lowest BCUT2D eigenvalue weighted by Gasteiger charge is -2.16. The van der Waals surface area contributed by atoms with Crippen molar-refractivity contribution in [3.05, 3.63) is 88.6 Å². The van der Waals surface area contributed by atoms with Crippen LogP contribution in [0.15, 0.2) is 60.7 Å². The van der Waals surface area contributed by atoms with Crippen molar-refractivity contribution >= 4 is 16.8 Å². The Labute approximate surface area is 197 Å². The summed E-state index contributed by atoms with van der Waals surface area (Å²) < 4.78 is 5.73. The minimum absolute atomic E-state index is 0.0649. The molecule has 2 heterocycles. The van der Waals surface area contributed by atoms with Crippen LogP contribution in [0, 0.1) is 11.3 Å². The van der Waals surface area contributed by atoms with Gasteiger partial charge in [0.25, 0.3) is 5.91 Å². The van der Waals surface area contributed by atoms with Crippen molar-refractivity contribution < 1.29 is 14.6 Å². The molecule has 0 atom stereocenters. The van der Waals surface area contributed by atoms with Gasteiger partial charge in [-0.2, -0.15) is 10.4 Å². The highest BCUT2D eigenvalue weighted by atomic mass is 16.5. The van der Waals surface area contributed by atoms with Gasteiger partial charge in [0.15, 0.2) is 0 Å². The molecule has 0 aliphatic carbocycles. The number of rotatable bonds is 7. The Morgan fingerprint density at radius 1 is 1.12 bits per heavy atom. The molecule has 0 radical (unpaired) electrons. The third kappa shape index (κ3) is 4.30. The number of H-pyrrole nitrogens is 1. The van der Waals surface area contributed by atoms with Gasteiger partial charge in [0.1, 0.15) is 11.5 Å². The SMILES string of the molecule is N#CCCCOc1ccc2c(c1)CN(C(=O)c1cc3c(Cc4ccccc4)n[nH]c3cc1O)C2. The number of carbonyl (C=O) groups is 1. The molecule has 1 aliphatic rings. The van der Waals surface area contributed by atoms with Crippen LogP contribution in [0.25, 0.3) is 10.9 Å². The van der Waals surface area contributed by atoms with Gasteiger partial charge < -0.3 is 14.7 Å². The number of carbonyl (C=O) groups excluding carboxylic acids is 1. The number of phenolic OH excluding ortho intramolecular Hbond substituents is 1. The predicted molar refractivity (Wildman–Crippen MR) is 127 cm³/mol. The molecule has 0 unspecified atom stereocenters. The molecule has 4 aromatic rings. The first-order valence-corrected chi connectivity index (χ1v) is 11.3. The zero-order valence-electron chi connectivity index (χ0n) is 18.6. The summed E-state index contributed by atoms with van der Waals surface area (Å²) in [5.74, 6) is 0.447. The lowest BCUT2D eigenvalue weighted by molar-refractivity contribution is 0.0748. The minimum atomic E-state index is -0.223. The number of phenols is 1. The van der Waals surface area contributed by atoms with E-state index in [2.05, 4.69) is 16.3 Å². The van der Waals surface area contributed by atoms with Gasteiger partial charge in [-0.15, -0.1) is 0 Å². The summed E-state index contributed by atoms with van der Waals surface area (Å²) in [6.07, 6.45) is 1.77. The lowest BCUT2D eigenvalue weighted by atomic mass is 10.0. The number of unbranched alkanes of at least 4 members (excludes halogenated alkanes) is 1. The molecule has 1 aliphatic heterocycles. The third-order valence-electron chi connectivity index (χ3n) is 6.09. The van der Waals surface area contributed by atoms with E-state index in [1.54, 1.807) is 17.0 Å². The van der Waals surface area contributed by atoms with E-state index in [4.69, 9.17) is 10.00 Å². The van der Waals surface area contributed by atoms with Crippen LogP contribution in [0.1, 0.15) is 45.6 Å². The number of nitrogens with zero attached hydrogens (tertiary/aromatic N) is 3. The maximum atomic E-state index is 13.4. The van der Waals surface area contributed by atoms with Crippen molar-refractivity contribution in [3.63, 3.8) is 0 Å². The van der Waals surface area contributed by atoms with Crippen LogP contribution in [0.5, 0.6) is 11.5 Å². The Kier molecular flexibility index (Phi) is 5.88. The van der Waals surface area contributed by atoms with Crippen LogP contribution >= 0.6 is 0 Å². The molecule has 0 saturated carbocycles. The van der Waals surface area contributed by atoms with Gasteiger partial charge in [0.2, 0.25) is 0 Å². The van der Waals surface area contributed by atoms with Gasteiger partial charge in [-0.25, -0.2) is 0 Å². The molecule has 34 heavy (non-hydrogen) atoms. The van der Waals surface area contributed by atoms with Gasteiger partial charge in [-0.3, -0.25) is 9.89 Å². The van der Waals surface area contributed by atoms with Crippen LogP contribution < -0.4 is 4.74 Å². The van der Waals surface area contributed by atoms with E-state index < -0.39 is 0 Å². The van der Waals surface area contributed by atoms with Crippen LogP contribution in [-0.4, -0.2) is 32.7 Å². The van der Waals surface area contributed by atoms with Crippen LogP contribution in [0.2, 0.25) is 0 Å². The number of hydrogen-bond donors (Lipinski definition) is 2. The molecule has 5 rings (SSSR count). The summed E-state index contributed by atoms with van der Waals surface area (Å²) in [4.78, 5) is 15.1. The summed E-state index contributed by atoms with van der Waals surface area (Å²) in [6, 6.07) is 21.2. The maximum absolute atomic E-state index is 13.4. The van der Waals surface area contributed by atoms with Gasteiger partial charge in [0, 0.05) is 37.4 Å². The Morgan fingerprint density at radius 2 is 1.94 bits per heavy atom. The summed E-state index contributed by atoms with van der Waals surface area (Å²) in [5.41, 5.74) is 5.01. The van der Waals surface area contributed by atoms with Gasteiger partial charge >= 0.3 is 0 Å². The number of benzene rings is 3. The van der Waals surface area contributed by atoms with E-state index in [1.807, 2.05) is 48.5 Å². The van der Waals surface area contributed by atoms with Crippen molar-refractivity contribution in [1.82, 2.24) is 15.1 Å². The Hall–Kier alpha value is -4.31. The molecule has 0 saturated heterocycles. The molecule has 170 valence electrons. The standard InChI is InChI=1S/C27H24N4O3/c28-10-4-5-11-34-21-9-8-19-16-31(17-20(19)13-21)27(33)23-14-22-24(12-18-6-2-1-3-7-18)29-30-25(22)15-26(23)32/h1-3,6-9,13-15,32H,4-5,11-12,16-17H2,(H,29,30). The number of fused-ring (bicyclic) bond motifs is 2. The molecule has 0 fully saturated rings. The van der Waals surface area contributed by atoms with E-state index in [0.717, 1.165) is 33.5 Å². The van der Waals surface area contributed by atoms with Gasteiger partial charge in [-0.05, 0) is 41.3 Å². The van der Waals surface area contributed by atoms with Crippen molar-refractivity contribution in [2.24, 2.45) is 0 Å². The zero-order chi connectivity index (χ0) is 23.5. The molecule has 0 spiro atoms. The first-order chi connectivity index (χ1) is 16.6. The molecule has 2 N–H and O–H groups in total. The summed E-state index contributed by atoms with van der Waals surface area (Å²) in [5, 5.41) is 27.5. The first kappa shape index (κ1) is 21.5. The number of aromatic nitrogens is 2. The Morgan fingerprint density at radius 3 is 2.76 bits per heavy atom. The first-order valence-electron chi connectivity index (χ1n) is 11.3. The highest BCUT2D eigenvalue weighted by Gasteiger charge is 2.27. The Balaban J connectivity index is 1.35. The molecule has 7 nitrogen and oxygen atoms in total. The quantitative estimate of drug-likeness (QED) is 0.396. The highest BCUT2D eigenvalue weighted by Crippen LogP contribution is 2.32. The fourth-order valence-electron chi connectivity index (χ4n) is 4.32. The Bertz CT molecular complexity index is 1390. The minimum Gasteiger partial charge on any atom is -0.507 e. The fraction of sp³-hybridized carbons (Fsp3) is 0.222. The lowest BCUT2D eigenvalue weighted by Crippen LogP contribution is -2.25. The van der Waals surface area contributed by atoms with Crippen LogP contribution in [-0.2, 0) is 19.5 Å². The second-order valence-electron chi connectivity index (χ2n) is 8.45. The molecular weight excluding hydrogens is 428 g/mol. The van der Waals surface area contributed by atoms with Crippen molar-refractivity contribution in [2.75, 3.05) is 6.61 Å². The number of amides is 1. The average molecular weight is 453 g/mol. The topological polar surface area (TPSA) is 102 Å². The van der Waals surface area contributed by atoms with Gasteiger partial charge in [0.05, 0.1) is 29.5 Å². The fourth-order valence-corrected chi connectivity index (χ4v) is 4.32. The zero-order valence-corrected chi connectivity index (χ0v) is 18.6. The molecule has 3 aromatic carbocycles. The normalized spacial score (nSPS) is 12.5. The highest BCUT2D eigenvalue weighted by molar-refractivity contribution is 6.01. The van der Waals surface area contributed by atoms with Crippen LogP contribution in [0.4, 0.5) is 0 Å². The van der Waals surface area contributed by atoms with Crippen LogP contribution in [0.3, 0.4) is 0 Å². The average Bonchev–Trinajstić information content (AvgIpc) is 3.45. The van der Waals surface area contributed by atoms with Crippen molar-refractivity contribution in [1.29, 1.82) is 5.26 Å².